The summed E-state index contributed by atoms with van der Waals surface area (Å²) in [6, 6.07) is 0. The van der Waals surface area contributed by atoms with E-state index in [4.69, 9.17) is 0 Å². The molecule has 0 aliphatic heterocycles. The van der Waals surface area contributed by atoms with Crippen LogP contribution in [0.1, 0.15) is 5.82 Å². The Balaban J connectivity index is 2.76. The Hall–Kier alpha value is -1.03. The molecule has 0 aromatic carbocycles. The van der Waals surface area contributed by atoms with Crippen molar-refractivity contribution in [3.05, 3.63) is 31.1 Å². The lowest BCUT2D eigenvalue weighted by Gasteiger charge is -1.99. The topological polar surface area (TPSA) is 30.7 Å². The van der Waals surface area contributed by atoms with Gasteiger partial charge in [-0.25, -0.2) is 9.67 Å². The summed E-state index contributed by atoms with van der Waals surface area (Å²) in [5.74, 6) is 1.66. The van der Waals surface area contributed by atoms with Gasteiger partial charge in [0.05, 0.1) is 6.54 Å². The van der Waals surface area contributed by atoms with Gasteiger partial charge in [-0.1, -0.05) is 23.9 Å². The average molecular weight is 195 g/mol. The Labute approximate surface area is 82.6 Å². The summed E-state index contributed by atoms with van der Waals surface area (Å²) in [6.07, 6.45) is 3.67. The van der Waals surface area contributed by atoms with Crippen LogP contribution in [-0.4, -0.2) is 20.5 Å². The summed E-state index contributed by atoms with van der Waals surface area (Å²) in [5, 5.41) is 5.16. The summed E-state index contributed by atoms with van der Waals surface area (Å²) >= 11 is 1.63. The number of allylic oxidation sites excluding steroid dienone is 1. The van der Waals surface area contributed by atoms with E-state index in [1.54, 1.807) is 11.8 Å². The summed E-state index contributed by atoms with van der Waals surface area (Å²) in [5.41, 5.74) is 0. The van der Waals surface area contributed by atoms with Crippen molar-refractivity contribution in [1.82, 2.24) is 14.8 Å². The molecule has 0 N–H and O–H groups in total. The third kappa shape index (κ3) is 2.73. The molecule has 0 radical (unpaired) electrons. The Morgan fingerprint density at radius 2 is 2.23 bits per heavy atom. The Kier molecular flexibility index (Phi) is 3.76. The average Bonchev–Trinajstić information content (AvgIpc) is 2.44. The maximum Gasteiger partial charge on any atom is 0.186 e. The van der Waals surface area contributed by atoms with Crippen molar-refractivity contribution in [3.63, 3.8) is 0 Å². The monoisotopic (exact) mass is 195 g/mol. The Morgan fingerprint density at radius 1 is 1.46 bits per heavy atom. The first-order valence-electron chi connectivity index (χ1n) is 4.04. The van der Waals surface area contributed by atoms with Gasteiger partial charge in [0.15, 0.2) is 5.16 Å². The number of nitrogens with zero attached hydrogens (tertiary/aromatic N) is 3. The molecular formula is C9H13N3S. The largest absolute Gasteiger partial charge is 0.237 e. The van der Waals surface area contributed by atoms with Crippen LogP contribution in [0.25, 0.3) is 0 Å². The highest BCUT2D eigenvalue weighted by atomic mass is 32.2. The molecule has 0 saturated heterocycles. The van der Waals surface area contributed by atoms with Crippen LogP contribution in [0, 0.1) is 6.92 Å². The van der Waals surface area contributed by atoms with Crippen molar-refractivity contribution in [2.45, 2.75) is 18.6 Å². The molecule has 1 aromatic heterocycles. The van der Waals surface area contributed by atoms with Crippen molar-refractivity contribution in [1.29, 1.82) is 0 Å². The number of hydrogen-bond donors (Lipinski definition) is 0. The van der Waals surface area contributed by atoms with Crippen LogP contribution in [0.4, 0.5) is 0 Å². The molecule has 4 heteroatoms. The number of aryl methyl sites for hydroxylation is 1. The van der Waals surface area contributed by atoms with Crippen LogP contribution < -0.4 is 0 Å². The molecule has 1 heterocycles. The molecule has 13 heavy (non-hydrogen) atoms. The molecule has 1 rings (SSSR count). The van der Waals surface area contributed by atoms with Crippen molar-refractivity contribution in [3.8, 4) is 0 Å². The summed E-state index contributed by atoms with van der Waals surface area (Å²) in [6.45, 7) is 9.92. The fourth-order valence-electron chi connectivity index (χ4n) is 0.917. The lowest BCUT2D eigenvalue weighted by atomic mass is 10.6. The minimum absolute atomic E-state index is 0.709. The highest BCUT2D eigenvalue weighted by Gasteiger charge is 2.04. The van der Waals surface area contributed by atoms with Gasteiger partial charge in [-0.15, -0.1) is 13.2 Å². The van der Waals surface area contributed by atoms with Crippen LogP contribution >= 0.6 is 11.8 Å². The summed E-state index contributed by atoms with van der Waals surface area (Å²) in [7, 11) is 0. The second-order valence-electron chi connectivity index (χ2n) is 2.51. The Morgan fingerprint density at radius 3 is 2.85 bits per heavy atom. The smallest absolute Gasteiger partial charge is 0.186 e. The number of rotatable bonds is 5. The van der Waals surface area contributed by atoms with E-state index >= 15 is 0 Å². The van der Waals surface area contributed by atoms with Gasteiger partial charge in [0.2, 0.25) is 0 Å². The van der Waals surface area contributed by atoms with Crippen molar-refractivity contribution in [2.75, 3.05) is 5.75 Å². The zero-order chi connectivity index (χ0) is 9.68. The first-order chi connectivity index (χ1) is 6.27. The quantitative estimate of drug-likeness (QED) is 0.532. The molecular weight excluding hydrogens is 182 g/mol. The van der Waals surface area contributed by atoms with Crippen molar-refractivity contribution < 1.29 is 0 Å². The second-order valence-corrected chi connectivity index (χ2v) is 3.50. The minimum atomic E-state index is 0.709. The third-order valence-electron chi connectivity index (χ3n) is 1.38. The second kappa shape index (κ2) is 4.87. The first-order valence-corrected chi connectivity index (χ1v) is 5.02. The zero-order valence-electron chi connectivity index (χ0n) is 7.73. The van der Waals surface area contributed by atoms with Gasteiger partial charge in [-0.05, 0) is 6.92 Å². The van der Waals surface area contributed by atoms with Crippen LogP contribution in [0.2, 0.25) is 0 Å². The van der Waals surface area contributed by atoms with E-state index in [9.17, 15) is 0 Å². The van der Waals surface area contributed by atoms with Gasteiger partial charge >= 0.3 is 0 Å². The van der Waals surface area contributed by atoms with E-state index in [2.05, 4.69) is 23.2 Å². The standard InChI is InChI=1S/C9H13N3S/c1-4-6-12-9(13-7-5-2)10-8(3)11-12/h4-5H,1-2,6-7H2,3H3. The number of aromatic nitrogens is 3. The molecule has 70 valence electrons. The van der Waals surface area contributed by atoms with E-state index in [0.717, 1.165) is 16.7 Å². The predicted octanol–water partition coefficient (Wildman–Crippen LogP) is 2.05. The fraction of sp³-hybridized carbons (Fsp3) is 0.333. The first kappa shape index (κ1) is 10.1. The van der Waals surface area contributed by atoms with Crippen LogP contribution in [0.15, 0.2) is 30.5 Å². The van der Waals surface area contributed by atoms with Gasteiger partial charge in [0, 0.05) is 5.75 Å². The van der Waals surface area contributed by atoms with E-state index in [1.807, 2.05) is 23.8 Å². The van der Waals surface area contributed by atoms with Gasteiger partial charge in [-0.2, -0.15) is 5.10 Å². The molecule has 3 nitrogen and oxygen atoms in total. The van der Waals surface area contributed by atoms with Crippen LogP contribution in [0.3, 0.4) is 0 Å². The van der Waals surface area contributed by atoms with Gasteiger partial charge < -0.3 is 0 Å². The SMILES string of the molecule is C=CCSc1nc(C)nn1CC=C. The molecule has 0 amide bonds. The third-order valence-corrected chi connectivity index (χ3v) is 2.34. The van der Waals surface area contributed by atoms with E-state index in [1.165, 1.54) is 0 Å². The van der Waals surface area contributed by atoms with Gasteiger partial charge in [0.1, 0.15) is 5.82 Å². The molecule has 0 unspecified atom stereocenters. The number of hydrogen-bond acceptors (Lipinski definition) is 3. The normalized spacial score (nSPS) is 9.92. The van der Waals surface area contributed by atoms with Gasteiger partial charge in [-0.3, -0.25) is 0 Å². The minimum Gasteiger partial charge on any atom is -0.237 e. The molecule has 0 saturated carbocycles. The molecule has 0 fully saturated rings. The summed E-state index contributed by atoms with van der Waals surface area (Å²) < 4.78 is 1.84. The maximum atomic E-state index is 4.29. The zero-order valence-corrected chi connectivity index (χ0v) is 8.55. The van der Waals surface area contributed by atoms with E-state index in [0.29, 0.717) is 6.54 Å². The highest BCUT2D eigenvalue weighted by Crippen LogP contribution is 2.15. The Bertz CT molecular complexity index is 304. The molecule has 0 bridgehead atoms. The van der Waals surface area contributed by atoms with Crippen LogP contribution in [-0.2, 0) is 6.54 Å². The van der Waals surface area contributed by atoms with Crippen molar-refractivity contribution >= 4 is 11.8 Å². The van der Waals surface area contributed by atoms with Crippen LogP contribution in [0.5, 0.6) is 0 Å². The predicted molar refractivity (Wildman–Crippen MR) is 55.9 cm³/mol. The molecule has 0 atom stereocenters. The molecule has 1 aromatic rings. The molecule has 0 aliphatic carbocycles. The summed E-state index contributed by atoms with van der Waals surface area (Å²) in [4.78, 5) is 4.29. The fourth-order valence-corrected chi connectivity index (χ4v) is 1.65. The lowest BCUT2D eigenvalue weighted by Crippen LogP contribution is -1.99. The highest BCUT2D eigenvalue weighted by molar-refractivity contribution is 7.99. The van der Waals surface area contributed by atoms with E-state index in [-0.39, 0.29) is 0 Å². The maximum absolute atomic E-state index is 4.29. The van der Waals surface area contributed by atoms with Crippen molar-refractivity contribution in [2.24, 2.45) is 0 Å². The molecule has 0 aliphatic rings. The number of thioether (sulfide) groups is 1. The van der Waals surface area contributed by atoms with E-state index < -0.39 is 0 Å². The molecule has 0 spiro atoms. The lowest BCUT2D eigenvalue weighted by molar-refractivity contribution is 0.629. The van der Waals surface area contributed by atoms with Gasteiger partial charge in [0.25, 0.3) is 0 Å².